The van der Waals surface area contributed by atoms with E-state index in [1.807, 2.05) is 27.8 Å². The van der Waals surface area contributed by atoms with Crippen LogP contribution in [0.25, 0.3) is 10.9 Å². The number of carbonyl (C=O) groups is 1. The first-order chi connectivity index (χ1) is 10.6. The summed E-state index contributed by atoms with van der Waals surface area (Å²) in [5.41, 5.74) is 3.88. The molecule has 0 saturated carbocycles. The first-order valence-corrected chi connectivity index (χ1v) is 8.00. The molecule has 3 aromatic rings. The van der Waals surface area contributed by atoms with Crippen molar-refractivity contribution in [3.8, 4) is 0 Å². The second-order valence-electron chi connectivity index (χ2n) is 5.66. The van der Waals surface area contributed by atoms with Gasteiger partial charge in [0.25, 0.3) is 5.91 Å². The van der Waals surface area contributed by atoms with E-state index in [1.54, 1.807) is 6.20 Å². The minimum absolute atomic E-state index is 0.0354. The molecule has 0 atom stereocenters. The molecular formula is C16H15BrN4O. The molecule has 1 N–H and O–H groups in total. The molecule has 4 rings (SSSR count). The van der Waals surface area contributed by atoms with E-state index in [1.165, 1.54) is 5.56 Å². The summed E-state index contributed by atoms with van der Waals surface area (Å²) in [5.74, 6) is 0.0354. The Bertz CT molecular complexity index is 880. The molecule has 0 radical (unpaired) electrons. The lowest BCUT2D eigenvalue weighted by molar-refractivity contribution is 0.0700. The fraction of sp³-hybridized carbons (Fsp3) is 0.250. The van der Waals surface area contributed by atoms with Crippen LogP contribution >= 0.6 is 15.9 Å². The monoisotopic (exact) mass is 358 g/mol. The standard InChI is InChI=1S/C16H15BrN4O/c1-10-2-3-13-11(6-10)7-14(19-13)16(22)20-4-5-21-15(9-20)12(17)8-18-21/h2-3,6-8,19H,4-5,9H2,1H3. The van der Waals surface area contributed by atoms with Crippen LogP contribution in [-0.2, 0) is 13.1 Å². The summed E-state index contributed by atoms with van der Waals surface area (Å²) in [6, 6.07) is 8.09. The normalized spacial score (nSPS) is 14.4. The molecule has 0 unspecified atom stereocenters. The number of hydrogen-bond donors (Lipinski definition) is 1. The molecule has 1 aliphatic heterocycles. The number of fused-ring (bicyclic) bond motifs is 2. The zero-order valence-corrected chi connectivity index (χ0v) is 13.7. The Morgan fingerprint density at radius 2 is 2.18 bits per heavy atom. The van der Waals surface area contributed by atoms with Gasteiger partial charge < -0.3 is 9.88 Å². The van der Waals surface area contributed by atoms with E-state index in [0.29, 0.717) is 18.8 Å². The molecule has 1 amide bonds. The maximum atomic E-state index is 12.7. The highest BCUT2D eigenvalue weighted by Gasteiger charge is 2.25. The molecule has 0 spiro atoms. The number of halogens is 1. The van der Waals surface area contributed by atoms with Crippen molar-refractivity contribution in [2.75, 3.05) is 6.54 Å². The van der Waals surface area contributed by atoms with E-state index >= 15 is 0 Å². The summed E-state index contributed by atoms with van der Waals surface area (Å²) < 4.78 is 2.90. The van der Waals surface area contributed by atoms with E-state index in [9.17, 15) is 4.79 Å². The number of hydrogen-bond acceptors (Lipinski definition) is 2. The molecule has 6 heteroatoms. The average molecular weight is 359 g/mol. The van der Waals surface area contributed by atoms with Crippen molar-refractivity contribution in [2.24, 2.45) is 0 Å². The number of rotatable bonds is 1. The van der Waals surface area contributed by atoms with Crippen molar-refractivity contribution >= 4 is 32.7 Å². The number of aromatic nitrogens is 3. The Hall–Kier alpha value is -2.08. The minimum Gasteiger partial charge on any atom is -0.351 e. The lowest BCUT2D eigenvalue weighted by atomic mass is 10.2. The van der Waals surface area contributed by atoms with Gasteiger partial charge in [0, 0.05) is 17.4 Å². The van der Waals surface area contributed by atoms with Gasteiger partial charge in [0.05, 0.1) is 29.5 Å². The van der Waals surface area contributed by atoms with Crippen molar-refractivity contribution < 1.29 is 4.79 Å². The zero-order chi connectivity index (χ0) is 15.3. The van der Waals surface area contributed by atoms with Crippen LogP contribution in [-0.4, -0.2) is 32.1 Å². The Labute approximate surface area is 136 Å². The molecule has 0 fully saturated rings. The summed E-state index contributed by atoms with van der Waals surface area (Å²) in [6.45, 7) is 4.03. The summed E-state index contributed by atoms with van der Waals surface area (Å²) in [4.78, 5) is 17.8. The van der Waals surface area contributed by atoms with Crippen LogP contribution in [0.2, 0.25) is 0 Å². The first-order valence-electron chi connectivity index (χ1n) is 7.20. The van der Waals surface area contributed by atoms with Gasteiger partial charge in [0.2, 0.25) is 0 Å². The molecule has 0 aliphatic carbocycles. The van der Waals surface area contributed by atoms with Gasteiger partial charge in [0.15, 0.2) is 0 Å². The number of aryl methyl sites for hydroxylation is 1. The molecule has 0 saturated heterocycles. The molecular weight excluding hydrogens is 344 g/mol. The zero-order valence-electron chi connectivity index (χ0n) is 12.1. The first kappa shape index (κ1) is 13.6. The topological polar surface area (TPSA) is 53.9 Å². The Kier molecular flexibility index (Phi) is 3.07. The summed E-state index contributed by atoms with van der Waals surface area (Å²) in [5, 5.41) is 5.37. The fourth-order valence-electron chi connectivity index (χ4n) is 2.92. The third-order valence-corrected chi connectivity index (χ3v) is 4.78. The fourth-order valence-corrected chi connectivity index (χ4v) is 3.35. The van der Waals surface area contributed by atoms with Crippen LogP contribution in [0.4, 0.5) is 0 Å². The number of carbonyl (C=O) groups excluding carboxylic acids is 1. The van der Waals surface area contributed by atoms with Gasteiger partial charge in [-0.2, -0.15) is 5.10 Å². The molecule has 22 heavy (non-hydrogen) atoms. The lowest BCUT2D eigenvalue weighted by Gasteiger charge is -2.27. The Balaban J connectivity index is 1.65. The summed E-state index contributed by atoms with van der Waals surface area (Å²) >= 11 is 3.49. The lowest BCUT2D eigenvalue weighted by Crippen LogP contribution is -2.38. The van der Waals surface area contributed by atoms with Crippen LogP contribution in [0.3, 0.4) is 0 Å². The second-order valence-corrected chi connectivity index (χ2v) is 6.52. The summed E-state index contributed by atoms with van der Waals surface area (Å²) in [6.07, 6.45) is 1.79. The Morgan fingerprint density at radius 3 is 3.05 bits per heavy atom. The number of nitrogens with one attached hydrogen (secondary N) is 1. The van der Waals surface area contributed by atoms with E-state index in [4.69, 9.17) is 0 Å². The maximum absolute atomic E-state index is 12.7. The second kappa shape index (κ2) is 4.98. The molecule has 2 aromatic heterocycles. The quantitative estimate of drug-likeness (QED) is 0.726. The van der Waals surface area contributed by atoms with E-state index < -0.39 is 0 Å². The highest BCUT2D eigenvalue weighted by Crippen LogP contribution is 2.23. The van der Waals surface area contributed by atoms with Gasteiger partial charge in [-0.3, -0.25) is 9.48 Å². The van der Waals surface area contributed by atoms with Gasteiger partial charge in [0.1, 0.15) is 5.69 Å². The van der Waals surface area contributed by atoms with Crippen molar-refractivity contribution in [2.45, 2.75) is 20.0 Å². The van der Waals surface area contributed by atoms with E-state index in [2.05, 4.69) is 39.0 Å². The average Bonchev–Trinajstić information content (AvgIpc) is 3.10. The van der Waals surface area contributed by atoms with Gasteiger partial charge in [-0.05, 0) is 41.1 Å². The number of H-pyrrole nitrogens is 1. The van der Waals surface area contributed by atoms with Gasteiger partial charge >= 0.3 is 0 Å². The van der Waals surface area contributed by atoms with E-state index in [0.717, 1.165) is 27.6 Å². The SMILES string of the molecule is Cc1ccc2[nH]c(C(=O)N3CCn4ncc(Br)c4C3)cc2c1. The molecule has 112 valence electrons. The van der Waals surface area contributed by atoms with Crippen molar-refractivity contribution in [1.82, 2.24) is 19.7 Å². The maximum Gasteiger partial charge on any atom is 0.270 e. The third-order valence-electron chi connectivity index (χ3n) is 4.11. The van der Waals surface area contributed by atoms with Crippen LogP contribution in [0.5, 0.6) is 0 Å². The van der Waals surface area contributed by atoms with Crippen molar-refractivity contribution in [3.05, 3.63) is 51.9 Å². The number of aromatic amines is 1. The number of amides is 1. The van der Waals surface area contributed by atoms with Crippen LogP contribution in [0.1, 0.15) is 21.7 Å². The number of benzene rings is 1. The van der Waals surface area contributed by atoms with Crippen molar-refractivity contribution in [3.63, 3.8) is 0 Å². The molecule has 1 aromatic carbocycles. The Morgan fingerprint density at radius 1 is 1.32 bits per heavy atom. The van der Waals surface area contributed by atoms with Gasteiger partial charge in [-0.25, -0.2) is 0 Å². The molecule has 1 aliphatic rings. The van der Waals surface area contributed by atoms with Crippen LogP contribution in [0.15, 0.2) is 34.9 Å². The molecule has 5 nitrogen and oxygen atoms in total. The van der Waals surface area contributed by atoms with Crippen LogP contribution < -0.4 is 0 Å². The van der Waals surface area contributed by atoms with Crippen LogP contribution in [0, 0.1) is 6.92 Å². The van der Waals surface area contributed by atoms with Crippen molar-refractivity contribution in [1.29, 1.82) is 0 Å². The highest BCUT2D eigenvalue weighted by molar-refractivity contribution is 9.10. The predicted molar refractivity (Wildman–Crippen MR) is 87.7 cm³/mol. The predicted octanol–water partition coefficient (Wildman–Crippen LogP) is 3.09. The largest absolute Gasteiger partial charge is 0.351 e. The third kappa shape index (κ3) is 2.14. The number of nitrogens with zero attached hydrogens (tertiary/aromatic N) is 3. The van der Waals surface area contributed by atoms with Gasteiger partial charge in [-0.15, -0.1) is 0 Å². The van der Waals surface area contributed by atoms with E-state index in [-0.39, 0.29) is 5.91 Å². The summed E-state index contributed by atoms with van der Waals surface area (Å²) in [7, 11) is 0. The van der Waals surface area contributed by atoms with Gasteiger partial charge in [-0.1, -0.05) is 11.6 Å². The molecule has 0 bridgehead atoms. The smallest absolute Gasteiger partial charge is 0.270 e. The molecule has 3 heterocycles. The minimum atomic E-state index is 0.0354. The highest BCUT2D eigenvalue weighted by atomic mass is 79.9.